The van der Waals surface area contributed by atoms with E-state index in [9.17, 15) is 10.1 Å². The second-order valence-corrected chi connectivity index (χ2v) is 7.94. The van der Waals surface area contributed by atoms with Gasteiger partial charge in [0.25, 0.3) is 0 Å². The zero-order valence-electron chi connectivity index (χ0n) is 17.7. The summed E-state index contributed by atoms with van der Waals surface area (Å²) in [6, 6.07) is 17.5. The molecule has 3 aromatic rings. The molecule has 1 spiro atoms. The summed E-state index contributed by atoms with van der Waals surface area (Å²) in [5.41, 5.74) is 9.62. The maximum Gasteiger partial charge on any atom is 0.248 e. The van der Waals surface area contributed by atoms with Gasteiger partial charge in [-0.25, -0.2) is 4.68 Å². The Morgan fingerprint density at radius 2 is 1.91 bits per heavy atom. The summed E-state index contributed by atoms with van der Waals surface area (Å²) in [6.07, 6.45) is 5.58. The number of para-hydroxylation sites is 1. The first-order valence-electron chi connectivity index (χ1n) is 10.1. The van der Waals surface area contributed by atoms with E-state index < -0.39 is 5.41 Å². The zero-order chi connectivity index (χ0) is 22.6. The molecule has 3 heterocycles. The first-order valence-corrected chi connectivity index (χ1v) is 10.1. The standard InChI is InChI=1S/C25H20N6O/c1-4-13-30-20-8-6-5-7-18(20)25(24(30)32)19(14-26)22(27)28-23-21(25)16(3)29-31(23)17-11-9-15(2)10-12-17/h1,5-12,28H,13,27H2,2-3H3. The van der Waals surface area contributed by atoms with Crippen LogP contribution in [0, 0.1) is 37.5 Å². The molecule has 2 aliphatic heterocycles. The number of carbonyl (C=O) groups is 1. The van der Waals surface area contributed by atoms with E-state index in [2.05, 4.69) is 17.3 Å². The monoisotopic (exact) mass is 420 g/mol. The summed E-state index contributed by atoms with van der Waals surface area (Å²) in [6.45, 7) is 3.93. The van der Waals surface area contributed by atoms with E-state index in [1.54, 1.807) is 4.68 Å². The van der Waals surface area contributed by atoms with Gasteiger partial charge in [-0.3, -0.25) is 9.69 Å². The Morgan fingerprint density at radius 3 is 2.59 bits per heavy atom. The fourth-order valence-electron chi connectivity index (χ4n) is 4.81. The Labute approximate surface area is 185 Å². The van der Waals surface area contributed by atoms with Gasteiger partial charge in [0, 0.05) is 16.8 Å². The zero-order valence-corrected chi connectivity index (χ0v) is 17.7. The molecule has 156 valence electrons. The molecule has 0 saturated carbocycles. The molecule has 1 amide bonds. The summed E-state index contributed by atoms with van der Waals surface area (Å²) in [5, 5.41) is 18.0. The van der Waals surface area contributed by atoms with Gasteiger partial charge in [0.05, 0.1) is 23.5 Å². The number of amides is 1. The molecule has 1 unspecified atom stereocenters. The third-order valence-electron chi connectivity index (χ3n) is 6.14. The number of nitrogens with one attached hydrogen (secondary N) is 1. The van der Waals surface area contributed by atoms with Gasteiger partial charge in [0.15, 0.2) is 0 Å². The fraction of sp³-hybridized carbons (Fsp3) is 0.160. The largest absolute Gasteiger partial charge is 0.384 e. The molecule has 32 heavy (non-hydrogen) atoms. The molecule has 0 saturated heterocycles. The van der Waals surface area contributed by atoms with Crippen LogP contribution in [-0.4, -0.2) is 22.2 Å². The average molecular weight is 420 g/mol. The van der Waals surface area contributed by atoms with Crippen molar-refractivity contribution in [2.24, 2.45) is 5.73 Å². The molecule has 5 rings (SSSR count). The third kappa shape index (κ3) is 2.31. The number of carbonyl (C=O) groups excluding carboxylic acids is 1. The maximum absolute atomic E-state index is 14.1. The van der Waals surface area contributed by atoms with Gasteiger partial charge in [-0.2, -0.15) is 10.4 Å². The Kier molecular flexibility index (Phi) is 4.11. The van der Waals surface area contributed by atoms with Crippen LogP contribution in [0.5, 0.6) is 0 Å². The van der Waals surface area contributed by atoms with E-state index in [4.69, 9.17) is 17.3 Å². The minimum atomic E-state index is -1.42. The quantitative estimate of drug-likeness (QED) is 0.621. The first kappa shape index (κ1) is 19.5. The van der Waals surface area contributed by atoms with E-state index in [0.29, 0.717) is 28.3 Å². The number of fused-ring (bicyclic) bond motifs is 4. The van der Waals surface area contributed by atoms with Crippen LogP contribution >= 0.6 is 0 Å². The Morgan fingerprint density at radius 1 is 1.19 bits per heavy atom. The van der Waals surface area contributed by atoms with E-state index in [1.165, 1.54) is 4.90 Å². The lowest BCUT2D eigenvalue weighted by molar-refractivity contribution is -0.120. The van der Waals surface area contributed by atoms with Gasteiger partial charge >= 0.3 is 0 Å². The van der Waals surface area contributed by atoms with Crippen molar-refractivity contribution in [2.75, 3.05) is 16.8 Å². The molecular weight excluding hydrogens is 400 g/mol. The van der Waals surface area contributed by atoms with E-state index in [1.807, 2.05) is 62.4 Å². The number of aromatic nitrogens is 2. The van der Waals surface area contributed by atoms with Crippen molar-refractivity contribution >= 4 is 17.4 Å². The fourth-order valence-corrected chi connectivity index (χ4v) is 4.81. The highest BCUT2D eigenvalue weighted by atomic mass is 16.2. The third-order valence-corrected chi connectivity index (χ3v) is 6.14. The Balaban J connectivity index is 1.88. The molecule has 0 aliphatic carbocycles. The summed E-state index contributed by atoms with van der Waals surface area (Å²) >= 11 is 0. The average Bonchev–Trinajstić information content (AvgIpc) is 3.23. The number of terminal acetylenes is 1. The van der Waals surface area contributed by atoms with Crippen LogP contribution in [0.1, 0.15) is 22.4 Å². The van der Waals surface area contributed by atoms with Crippen LogP contribution < -0.4 is 16.0 Å². The predicted octanol–water partition coefficient (Wildman–Crippen LogP) is 2.87. The number of nitrogens with zero attached hydrogens (tertiary/aromatic N) is 4. The lowest BCUT2D eigenvalue weighted by Gasteiger charge is -2.34. The van der Waals surface area contributed by atoms with Crippen LogP contribution in [0.15, 0.2) is 59.9 Å². The number of aryl methyl sites for hydroxylation is 2. The highest BCUT2D eigenvalue weighted by molar-refractivity contribution is 6.15. The Hall–Kier alpha value is -4.49. The smallest absolute Gasteiger partial charge is 0.248 e. The SMILES string of the molecule is C#CCN1C(=O)C2(C(C#N)=C(N)Nc3c2c(C)nn3-c2ccc(C)cc2)c2ccccc21. The lowest BCUT2D eigenvalue weighted by atomic mass is 9.68. The molecule has 0 bridgehead atoms. The molecule has 3 N–H and O–H groups in total. The van der Waals surface area contributed by atoms with Crippen molar-refractivity contribution < 1.29 is 4.79 Å². The predicted molar refractivity (Wildman–Crippen MR) is 122 cm³/mol. The maximum atomic E-state index is 14.1. The number of anilines is 2. The van der Waals surface area contributed by atoms with Gasteiger partial charge in [-0.1, -0.05) is 41.8 Å². The van der Waals surface area contributed by atoms with Crippen molar-refractivity contribution in [3.8, 4) is 24.1 Å². The number of nitrogens with two attached hydrogens (primary N) is 1. The number of nitriles is 1. The molecule has 7 heteroatoms. The molecule has 7 nitrogen and oxygen atoms in total. The van der Waals surface area contributed by atoms with E-state index >= 15 is 0 Å². The van der Waals surface area contributed by atoms with Crippen molar-refractivity contribution in [3.05, 3.63) is 82.3 Å². The lowest BCUT2D eigenvalue weighted by Crippen LogP contribution is -2.46. The molecule has 0 fully saturated rings. The van der Waals surface area contributed by atoms with Crippen LogP contribution in [0.4, 0.5) is 11.5 Å². The number of rotatable bonds is 2. The van der Waals surface area contributed by atoms with Crippen LogP contribution in [0.3, 0.4) is 0 Å². The number of benzene rings is 2. The van der Waals surface area contributed by atoms with E-state index in [-0.39, 0.29) is 23.8 Å². The minimum Gasteiger partial charge on any atom is -0.384 e. The van der Waals surface area contributed by atoms with Crippen molar-refractivity contribution in [2.45, 2.75) is 19.3 Å². The summed E-state index contributed by atoms with van der Waals surface area (Å²) < 4.78 is 1.73. The van der Waals surface area contributed by atoms with Crippen molar-refractivity contribution in [1.29, 1.82) is 5.26 Å². The molecule has 1 aromatic heterocycles. The molecule has 2 aliphatic rings. The van der Waals surface area contributed by atoms with Crippen LogP contribution in [-0.2, 0) is 10.2 Å². The normalized spacial score (nSPS) is 18.8. The Bertz CT molecular complexity index is 1400. The minimum absolute atomic E-state index is 0.0874. The number of hydrogen-bond acceptors (Lipinski definition) is 5. The second kappa shape index (κ2) is 6.76. The number of hydrogen-bond donors (Lipinski definition) is 2. The highest BCUT2D eigenvalue weighted by Crippen LogP contribution is 2.55. The second-order valence-electron chi connectivity index (χ2n) is 7.94. The van der Waals surface area contributed by atoms with Crippen molar-refractivity contribution in [3.63, 3.8) is 0 Å². The topological polar surface area (TPSA) is 100.0 Å². The van der Waals surface area contributed by atoms with Gasteiger partial charge in [0.1, 0.15) is 23.1 Å². The van der Waals surface area contributed by atoms with Gasteiger partial charge in [-0.05, 0) is 32.0 Å². The molecule has 0 radical (unpaired) electrons. The van der Waals surface area contributed by atoms with Gasteiger partial charge in [0.2, 0.25) is 5.91 Å². The van der Waals surface area contributed by atoms with Crippen LogP contribution in [0.2, 0.25) is 0 Å². The highest BCUT2D eigenvalue weighted by Gasteiger charge is 2.60. The summed E-state index contributed by atoms with van der Waals surface area (Å²) in [7, 11) is 0. The van der Waals surface area contributed by atoms with Crippen LogP contribution in [0.25, 0.3) is 5.69 Å². The molecule has 1 atom stereocenters. The first-order chi connectivity index (χ1) is 15.4. The van der Waals surface area contributed by atoms with Gasteiger partial charge in [-0.15, -0.1) is 6.42 Å². The van der Waals surface area contributed by atoms with Crippen molar-refractivity contribution in [1.82, 2.24) is 9.78 Å². The van der Waals surface area contributed by atoms with Gasteiger partial charge < -0.3 is 11.1 Å². The molecular formula is C25H20N6O. The summed E-state index contributed by atoms with van der Waals surface area (Å²) in [4.78, 5) is 15.6. The molecule has 2 aromatic carbocycles. The summed E-state index contributed by atoms with van der Waals surface area (Å²) in [5.74, 6) is 2.95. The van der Waals surface area contributed by atoms with E-state index in [0.717, 1.165) is 11.3 Å².